The highest BCUT2D eigenvalue weighted by Gasteiger charge is 2.54. The third-order valence-electron chi connectivity index (χ3n) is 5.32. The maximum absolute atomic E-state index is 11.8. The minimum absolute atomic E-state index is 0.122. The van der Waals surface area contributed by atoms with Gasteiger partial charge in [-0.3, -0.25) is 4.79 Å². The first-order valence-corrected chi connectivity index (χ1v) is 9.82. The van der Waals surface area contributed by atoms with Crippen molar-refractivity contribution in [1.29, 1.82) is 0 Å². The van der Waals surface area contributed by atoms with Gasteiger partial charge in [-0.1, -0.05) is 17.4 Å². The van der Waals surface area contributed by atoms with Gasteiger partial charge in [-0.2, -0.15) is 0 Å². The molecule has 1 N–H and O–H groups in total. The number of thiazole rings is 1. The summed E-state index contributed by atoms with van der Waals surface area (Å²) >= 11 is 5.28. The van der Waals surface area contributed by atoms with Crippen LogP contribution in [0.4, 0.5) is 0 Å². The van der Waals surface area contributed by atoms with E-state index in [4.69, 9.17) is 0 Å². The van der Waals surface area contributed by atoms with Gasteiger partial charge in [0.25, 0.3) is 0 Å². The molecule has 104 valence electrons. The molecule has 0 amide bonds. The van der Waals surface area contributed by atoms with Crippen molar-refractivity contribution in [2.75, 3.05) is 0 Å². The normalized spacial score (nSPS) is 37.9. The van der Waals surface area contributed by atoms with Gasteiger partial charge < -0.3 is 4.98 Å². The van der Waals surface area contributed by atoms with Crippen molar-refractivity contribution in [2.45, 2.75) is 35.5 Å². The summed E-state index contributed by atoms with van der Waals surface area (Å²) in [5.74, 6) is 3.01. The largest absolute Gasteiger partial charge is 0.307 e. The molecule has 20 heavy (non-hydrogen) atoms. The van der Waals surface area contributed by atoms with Gasteiger partial charge in [0.1, 0.15) is 0 Å². The molecule has 0 aromatic carbocycles. The van der Waals surface area contributed by atoms with Crippen LogP contribution < -0.4 is 4.87 Å². The summed E-state index contributed by atoms with van der Waals surface area (Å²) in [6, 6.07) is 4.42. The van der Waals surface area contributed by atoms with E-state index in [9.17, 15) is 4.79 Å². The first-order chi connectivity index (χ1) is 9.81. The Morgan fingerprint density at radius 1 is 1.25 bits per heavy atom. The molecule has 2 saturated carbocycles. The Labute approximate surface area is 129 Å². The molecule has 3 aliphatic rings. The highest BCUT2D eigenvalue weighted by atomic mass is 32.2. The van der Waals surface area contributed by atoms with Crippen LogP contribution >= 0.6 is 34.4 Å². The average molecular weight is 321 g/mol. The number of thiophene rings is 1. The van der Waals surface area contributed by atoms with Crippen LogP contribution in [0.2, 0.25) is 0 Å². The van der Waals surface area contributed by atoms with E-state index in [0.717, 1.165) is 23.0 Å². The second-order valence-corrected chi connectivity index (χ2v) is 9.38. The maximum atomic E-state index is 11.8. The Balaban J connectivity index is 1.71. The molecular formula is C15H15NOS3. The number of thioether (sulfide) groups is 1. The smallest absolute Gasteiger partial charge is 0.305 e. The number of nitrogens with one attached hydrogen (secondary N) is 1. The van der Waals surface area contributed by atoms with E-state index in [1.165, 1.54) is 45.4 Å². The molecular weight excluding hydrogens is 306 g/mol. The molecule has 3 heterocycles. The van der Waals surface area contributed by atoms with Crippen LogP contribution in [0, 0.1) is 17.8 Å². The predicted molar refractivity (Wildman–Crippen MR) is 85.1 cm³/mol. The fraction of sp³-hybridized carbons (Fsp3) is 0.533. The molecule has 2 aromatic rings. The number of aromatic amines is 1. The van der Waals surface area contributed by atoms with Crippen molar-refractivity contribution in [3.05, 3.63) is 36.9 Å². The number of hydrogen-bond donors (Lipinski definition) is 1. The van der Waals surface area contributed by atoms with E-state index in [2.05, 4.69) is 22.5 Å². The first-order valence-electron chi connectivity index (χ1n) is 7.24. The molecule has 1 aliphatic heterocycles. The molecule has 5 rings (SSSR count). The van der Waals surface area contributed by atoms with E-state index in [1.807, 2.05) is 23.1 Å². The molecule has 2 aliphatic carbocycles. The van der Waals surface area contributed by atoms with Gasteiger partial charge in [0.2, 0.25) is 0 Å². The number of rotatable bonds is 1. The van der Waals surface area contributed by atoms with Gasteiger partial charge >= 0.3 is 4.87 Å². The first kappa shape index (κ1) is 12.1. The van der Waals surface area contributed by atoms with Gasteiger partial charge in [-0.05, 0) is 48.5 Å². The van der Waals surface area contributed by atoms with Crippen molar-refractivity contribution in [1.82, 2.24) is 4.98 Å². The van der Waals surface area contributed by atoms with Gasteiger partial charge in [0.05, 0.1) is 5.03 Å². The Hall–Kier alpha value is -0.520. The van der Waals surface area contributed by atoms with E-state index in [-0.39, 0.29) is 4.87 Å². The molecule has 0 radical (unpaired) electrons. The van der Waals surface area contributed by atoms with Crippen LogP contribution in [0.5, 0.6) is 0 Å². The lowest BCUT2D eigenvalue weighted by Gasteiger charge is -2.39. The molecule has 2 aromatic heterocycles. The van der Waals surface area contributed by atoms with Gasteiger partial charge in [-0.25, -0.2) is 0 Å². The Morgan fingerprint density at radius 3 is 3.00 bits per heavy atom. The highest BCUT2D eigenvalue weighted by molar-refractivity contribution is 8.00. The van der Waals surface area contributed by atoms with Crippen LogP contribution in [0.15, 0.2) is 27.3 Å². The Kier molecular flexibility index (Phi) is 2.56. The van der Waals surface area contributed by atoms with Gasteiger partial charge in [-0.15, -0.1) is 23.1 Å². The van der Waals surface area contributed by atoms with E-state index in [0.29, 0.717) is 5.92 Å². The van der Waals surface area contributed by atoms with Crippen LogP contribution in [0.1, 0.15) is 34.9 Å². The summed E-state index contributed by atoms with van der Waals surface area (Å²) in [7, 11) is 0. The van der Waals surface area contributed by atoms with Crippen LogP contribution in [0.3, 0.4) is 0 Å². The van der Waals surface area contributed by atoms with Crippen LogP contribution in [-0.2, 0) is 0 Å². The zero-order chi connectivity index (χ0) is 13.3. The number of hydrogen-bond acceptors (Lipinski definition) is 4. The van der Waals surface area contributed by atoms with E-state index >= 15 is 0 Å². The molecule has 2 fully saturated rings. The molecule has 5 heteroatoms. The number of fused-ring (bicyclic) bond motifs is 6. The molecule has 5 atom stereocenters. The highest BCUT2D eigenvalue weighted by Crippen LogP contribution is 2.63. The minimum atomic E-state index is 0.122. The van der Waals surface area contributed by atoms with Crippen LogP contribution in [0.25, 0.3) is 0 Å². The molecule has 0 spiro atoms. The lowest BCUT2D eigenvalue weighted by atomic mass is 9.77. The third-order valence-corrected chi connectivity index (χ3v) is 8.89. The summed E-state index contributed by atoms with van der Waals surface area (Å²) in [5, 5.41) is 4.08. The van der Waals surface area contributed by atoms with Crippen molar-refractivity contribution in [3.63, 3.8) is 0 Å². The zero-order valence-electron chi connectivity index (χ0n) is 10.9. The molecule has 5 unspecified atom stereocenters. The minimum Gasteiger partial charge on any atom is -0.307 e. The summed E-state index contributed by atoms with van der Waals surface area (Å²) < 4.78 is 0. The fourth-order valence-corrected chi connectivity index (χ4v) is 8.49. The standard InChI is InChI=1S/C15H15NOS3/c17-15-16-14-13(20-15)11(9-2-1-5-18-9)10-7-3-4-8(6-7)12(10)19-14/h1-2,5,7-8,10-12H,3-4,6H2,(H,16,17). The fourth-order valence-electron chi connectivity index (χ4n) is 4.64. The number of aromatic nitrogens is 1. The van der Waals surface area contributed by atoms with Crippen molar-refractivity contribution >= 4 is 34.4 Å². The second kappa shape index (κ2) is 4.24. The van der Waals surface area contributed by atoms with E-state index in [1.54, 1.807) is 0 Å². The van der Waals surface area contributed by atoms with Crippen molar-refractivity contribution in [3.8, 4) is 0 Å². The SMILES string of the molecule is O=c1[nH]c2c(s1)C(c1cccs1)C1C3CCC(C3)C1S2. The van der Waals surface area contributed by atoms with E-state index < -0.39 is 0 Å². The predicted octanol–water partition coefficient (Wildman–Crippen LogP) is 4.15. The number of H-pyrrole nitrogens is 1. The Morgan fingerprint density at radius 2 is 2.15 bits per heavy atom. The quantitative estimate of drug-likeness (QED) is 0.856. The lowest BCUT2D eigenvalue weighted by molar-refractivity contribution is 0.310. The molecule has 2 nitrogen and oxygen atoms in total. The summed E-state index contributed by atoms with van der Waals surface area (Å²) in [5.41, 5.74) is 0. The average Bonchev–Trinajstić information content (AvgIpc) is 3.19. The van der Waals surface area contributed by atoms with Crippen molar-refractivity contribution in [2.24, 2.45) is 17.8 Å². The maximum Gasteiger partial charge on any atom is 0.305 e. The second-order valence-electron chi connectivity index (χ2n) is 6.19. The summed E-state index contributed by atoms with van der Waals surface area (Å²) in [6.45, 7) is 0. The van der Waals surface area contributed by atoms with Gasteiger partial charge in [0.15, 0.2) is 0 Å². The summed E-state index contributed by atoms with van der Waals surface area (Å²) in [6.07, 6.45) is 4.23. The van der Waals surface area contributed by atoms with Crippen molar-refractivity contribution < 1.29 is 0 Å². The molecule has 2 bridgehead atoms. The molecule has 0 saturated heterocycles. The lowest BCUT2D eigenvalue weighted by Crippen LogP contribution is -2.33. The Bertz CT molecular complexity index is 701. The van der Waals surface area contributed by atoms with Gasteiger partial charge in [0, 0.05) is 20.9 Å². The monoisotopic (exact) mass is 321 g/mol. The topological polar surface area (TPSA) is 32.9 Å². The summed E-state index contributed by atoms with van der Waals surface area (Å²) in [4.78, 5) is 17.8. The van der Waals surface area contributed by atoms with Crippen LogP contribution in [-0.4, -0.2) is 10.2 Å². The third kappa shape index (κ3) is 1.54. The zero-order valence-corrected chi connectivity index (χ0v) is 13.3.